The van der Waals surface area contributed by atoms with E-state index in [0.29, 0.717) is 6.04 Å². The largest absolute Gasteiger partial charge is 0.313 e. The summed E-state index contributed by atoms with van der Waals surface area (Å²) in [6, 6.07) is 4.94. The van der Waals surface area contributed by atoms with E-state index in [2.05, 4.69) is 34.3 Å². The Morgan fingerprint density at radius 1 is 1.33 bits per heavy atom. The van der Waals surface area contributed by atoms with E-state index in [4.69, 9.17) is 0 Å². The van der Waals surface area contributed by atoms with E-state index in [1.165, 1.54) is 37.9 Å². The quantitative estimate of drug-likeness (QED) is 0.834. The maximum Gasteiger partial charge on any atom is 0.0270 e. The summed E-state index contributed by atoms with van der Waals surface area (Å²) in [6.07, 6.45) is 8.97. The van der Waals surface area contributed by atoms with Gasteiger partial charge in [-0.2, -0.15) is 0 Å². The average molecular weight is 247 g/mol. The first kappa shape index (κ1) is 13.5. The predicted molar refractivity (Wildman–Crippen MR) is 75.7 cm³/mol. The zero-order chi connectivity index (χ0) is 12.6. The zero-order valence-corrected chi connectivity index (χ0v) is 11.4. The number of hydrogen-bond donors (Lipinski definition) is 1. The summed E-state index contributed by atoms with van der Waals surface area (Å²) in [5, 5.41) is 3.63. The van der Waals surface area contributed by atoms with Crippen LogP contribution in [0.25, 0.3) is 0 Å². The van der Waals surface area contributed by atoms with Crippen LogP contribution in [0.3, 0.4) is 0 Å². The molecule has 3 heteroatoms. The van der Waals surface area contributed by atoms with Crippen LogP contribution in [0.15, 0.2) is 24.5 Å². The van der Waals surface area contributed by atoms with Gasteiger partial charge >= 0.3 is 0 Å². The van der Waals surface area contributed by atoms with Gasteiger partial charge in [0.05, 0.1) is 0 Å². The first-order valence-electron chi connectivity index (χ1n) is 7.23. The second-order valence-electron chi connectivity index (χ2n) is 5.15. The van der Waals surface area contributed by atoms with Crippen molar-refractivity contribution in [1.29, 1.82) is 0 Å². The Morgan fingerprint density at radius 3 is 2.83 bits per heavy atom. The van der Waals surface area contributed by atoms with Crippen molar-refractivity contribution in [2.24, 2.45) is 0 Å². The fourth-order valence-corrected chi connectivity index (χ4v) is 2.61. The molecule has 18 heavy (non-hydrogen) atoms. The highest BCUT2D eigenvalue weighted by Crippen LogP contribution is 2.09. The molecule has 100 valence electrons. The summed E-state index contributed by atoms with van der Waals surface area (Å²) in [5.41, 5.74) is 1.39. The summed E-state index contributed by atoms with van der Waals surface area (Å²) in [7, 11) is 0. The molecule has 0 saturated carbocycles. The molecule has 1 aliphatic heterocycles. The van der Waals surface area contributed by atoms with Gasteiger partial charge in [0.2, 0.25) is 0 Å². The van der Waals surface area contributed by atoms with Crippen molar-refractivity contribution in [3.05, 3.63) is 30.1 Å². The molecule has 1 N–H and O–H groups in total. The first-order valence-corrected chi connectivity index (χ1v) is 7.23. The summed E-state index contributed by atoms with van der Waals surface area (Å²) in [6.45, 7) is 6.95. The van der Waals surface area contributed by atoms with Gasteiger partial charge in [0, 0.05) is 31.5 Å². The second-order valence-corrected chi connectivity index (χ2v) is 5.15. The minimum atomic E-state index is 0.705. The third kappa shape index (κ3) is 4.39. The first-order chi connectivity index (χ1) is 8.88. The van der Waals surface area contributed by atoms with Crippen LogP contribution in [-0.2, 0) is 6.42 Å². The molecule has 1 aliphatic rings. The number of piperidine rings is 1. The number of likely N-dealkylation sites (N-methyl/N-ethyl adjacent to an activating group) is 1. The molecular formula is C15H25N3. The normalized spacial score (nSPS) is 20.2. The Bertz CT molecular complexity index is 320. The van der Waals surface area contributed by atoms with Crippen molar-refractivity contribution in [2.45, 2.75) is 38.6 Å². The molecule has 2 heterocycles. The van der Waals surface area contributed by atoms with Gasteiger partial charge in [0.15, 0.2) is 0 Å². The number of rotatable bonds is 6. The molecule has 3 nitrogen and oxygen atoms in total. The third-order valence-electron chi connectivity index (χ3n) is 3.80. The zero-order valence-electron chi connectivity index (χ0n) is 11.4. The van der Waals surface area contributed by atoms with Crippen LogP contribution in [0.4, 0.5) is 0 Å². The van der Waals surface area contributed by atoms with Crippen LogP contribution in [0, 0.1) is 0 Å². The van der Waals surface area contributed by atoms with E-state index in [-0.39, 0.29) is 0 Å². The molecule has 1 saturated heterocycles. The second kappa shape index (κ2) is 7.49. The van der Waals surface area contributed by atoms with Crippen LogP contribution in [0.5, 0.6) is 0 Å². The average Bonchev–Trinajstić information content (AvgIpc) is 2.45. The van der Waals surface area contributed by atoms with E-state index in [1.807, 2.05) is 12.4 Å². The molecule has 1 atom stereocenters. The van der Waals surface area contributed by atoms with E-state index in [1.54, 1.807) is 0 Å². The van der Waals surface area contributed by atoms with E-state index in [9.17, 15) is 0 Å². The monoisotopic (exact) mass is 247 g/mol. The number of nitrogens with zero attached hydrogens (tertiary/aromatic N) is 2. The SMILES string of the molecule is CCN(CCc1ccncc1)CC1CCCCN1. The van der Waals surface area contributed by atoms with E-state index < -0.39 is 0 Å². The van der Waals surface area contributed by atoms with E-state index in [0.717, 1.165) is 19.5 Å². The molecule has 1 aromatic rings. The summed E-state index contributed by atoms with van der Waals surface area (Å²) in [4.78, 5) is 6.62. The molecule has 0 aliphatic carbocycles. The summed E-state index contributed by atoms with van der Waals surface area (Å²) in [5.74, 6) is 0. The highest BCUT2D eigenvalue weighted by molar-refractivity contribution is 5.09. The molecule has 0 aromatic carbocycles. The lowest BCUT2D eigenvalue weighted by Crippen LogP contribution is -2.44. The number of hydrogen-bond acceptors (Lipinski definition) is 3. The lowest BCUT2D eigenvalue weighted by Gasteiger charge is -2.29. The number of pyridine rings is 1. The van der Waals surface area contributed by atoms with Crippen LogP contribution >= 0.6 is 0 Å². The van der Waals surface area contributed by atoms with Crippen molar-refractivity contribution in [3.8, 4) is 0 Å². The van der Waals surface area contributed by atoms with Crippen molar-refractivity contribution >= 4 is 0 Å². The standard InChI is InChI=1S/C15H25N3/c1-2-18(13-15-5-3-4-9-17-15)12-8-14-6-10-16-11-7-14/h6-7,10-11,15,17H,2-5,8-9,12-13H2,1H3. The van der Waals surface area contributed by atoms with Gasteiger partial charge in [-0.25, -0.2) is 0 Å². The van der Waals surface area contributed by atoms with Gasteiger partial charge in [-0.3, -0.25) is 4.98 Å². The molecule has 1 fully saturated rings. The van der Waals surface area contributed by atoms with Crippen molar-refractivity contribution in [1.82, 2.24) is 15.2 Å². The Labute approximate surface area is 111 Å². The lowest BCUT2D eigenvalue weighted by atomic mass is 10.0. The molecule has 1 aromatic heterocycles. The van der Waals surface area contributed by atoms with Gasteiger partial charge < -0.3 is 10.2 Å². The van der Waals surface area contributed by atoms with Crippen molar-refractivity contribution < 1.29 is 0 Å². The van der Waals surface area contributed by atoms with E-state index >= 15 is 0 Å². The van der Waals surface area contributed by atoms with Crippen LogP contribution in [0.2, 0.25) is 0 Å². The minimum Gasteiger partial charge on any atom is -0.313 e. The van der Waals surface area contributed by atoms with Gasteiger partial charge in [0.1, 0.15) is 0 Å². The fraction of sp³-hybridized carbons (Fsp3) is 0.667. The highest BCUT2D eigenvalue weighted by Gasteiger charge is 2.15. The summed E-state index contributed by atoms with van der Waals surface area (Å²) < 4.78 is 0. The molecule has 0 radical (unpaired) electrons. The van der Waals surface area contributed by atoms with Crippen molar-refractivity contribution in [2.75, 3.05) is 26.2 Å². The number of aromatic nitrogens is 1. The third-order valence-corrected chi connectivity index (χ3v) is 3.80. The Hall–Kier alpha value is -0.930. The minimum absolute atomic E-state index is 0.705. The Kier molecular flexibility index (Phi) is 5.62. The van der Waals surface area contributed by atoms with Gasteiger partial charge in [-0.05, 0) is 50.0 Å². The Morgan fingerprint density at radius 2 is 2.17 bits per heavy atom. The van der Waals surface area contributed by atoms with Gasteiger partial charge in [-0.1, -0.05) is 13.3 Å². The molecule has 2 rings (SSSR count). The predicted octanol–water partition coefficient (Wildman–Crippen LogP) is 2.09. The maximum atomic E-state index is 4.06. The van der Waals surface area contributed by atoms with Crippen molar-refractivity contribution in [3.63, 3.8) is 0 Å². The van der Waals surface area contributed by atoms with Crippen LogP contribution < -0.4 is 5.32 Å². The topological polar surface area (TPSA) is 28.2 Å². The molecular weight excluding hydrogens is 222 g/mol. The smallest absolute Gasteiger partial charge is 0.0270 e. The van der Waals surface area contributed by atoms with Gasteiger partial charge in [-0.15, -0.1) is 0 Å². The number of nitrogens with one attached hydrogen (secondary N) is 1. The lowest BCUT2D eigenvalue weighted by molar-refractivity contribution is 0.235. The maximum absolute atomic E-state index is 4.06. The molecule has 1 unspecified atom stereocenters. The summed E-state index contributed by atoms with van der Waals surface area (Å²) >= 11 is 0. The fourth-order valence-electron chi connectivity index (χ4n) is 2.61. The molecule has 0 bridgehead atoms. The van der Waals surface area contributed by atoms with Crippen LogP contribution in [0.1, 0.15) is 31.7 Å². The van der Waals surface area contributed by atoms with Gasteiger partial charge in [0.25, 0.3) is 0 Å². The van der Waals surface area contributed by atoms with Crippen LogP contribution in [-0.4, -0.2) is 42.1 Å². The molecule has 0 spiro atoms. The Balaban J connectivity index is 1.74. The highest BCUT2D eigenvalue weighted by atomic mass is 15.1. The molecule has 0 amide bonds.